The van der Waals surface area contributed by atoms with Gasteiger partial charge in [-0.15, -0.1) is 11.3 Å². The smallest absolute Gasteiger partial charge is 0.263 e. The molecule has 3 aromatic rings. The van der Waals surface area contributed by atoms with E-state index in [1.165, 1.54) is 29.2 Å². The van der Waals surface area contributed by atoms with Crippen molar-refractivity contribution < 1.29 is 18.4 Å². The third-order valence-corrected chi connectivity index (χ3v) is 5.97. The van der Waals surface area contributed by atoms with E-state index in [-0.39, 0.29) is 11.8 Å². The van der Waals surface area contributed by atoms with E-state index in [1.807, 2.05) is 0 Å². The molecule has 0 unspecified atom stereocenters. The highest BCUT2D eigenvalue weighted by Gasteiger charge is 2.22. The molecule has 1 aliphatic rings. The molecule has 10 heteroatoms. The lowest BCUT2D eigenvalue weighted by Crippen LogP contribution is -2.17. The van der Waals surface area contributed by atoms with Gasteiger partial charge < -0.3 is 5.32 Å². The number of anilines is 1. The van der Waals surface area contributed by atoms with E-state index in [4.69, 9.17) is 12.2 Å². The van der Waals surface area contributed by atoms with Gasteiger partial charge in [0.2, 0.25) is 0 Å². The summed E-state index contributed by atoms with van der Waals surface area (Å²) in [7, 11) is 0. The number of thioether (sulfide) groups is 1. The monoisotopic (exact) mass is 459 g/mol. The van der Waals surface area contributed by atoms with E-state index >= 15 is 0 Å². The summed E-state index contributed by atoms with van der Waals surface area (Å²) in [6, 6.07) is 10.2. The molecule has 4 rings (SSSR count). The molecular weight excluding hydrogens is 448 g/mol. The molecule has 150 valence electrons. The normalized spacial score (nSPS) is 14.8. The summed E-state index contributed by atoms with van der Waals surface area (Å²) in [5.41, 5.74) is 2.00. The van der Waals surface area contributed by atoms with Crippen LogP contribution in [-0.4, -0.2) is 21.1 Å². The molecular formula is C20H11F2N3O2S3. The Morgan fingerprint density at radius 2 is 1.90 bits per heavy atom. The minimum atomic E-state index is -0.962. The van der Waals surface area contributed by atoms with Gasteiger partial charge in [0.15, 0.2) is 16.8 Å². The Morgan fingerprint density at radius 3 is 2.57 bits per heavy atom. The molecule has 30 heavy (non-hydrogen) atoms. The summed E-state index contributed by atoms with van der Waals surface area (Å²) in [6.07, 6.45) is 1.69. The number of carbonyl (C=O) groups excluding carboxylic acids is 2. The number of rotatable bonds is 4. The van der Waals surface area contributed by atoms with Gasteiger partial charge in [0, 0.05) is 16.5 Å². The van der Waals surface area contributed by atoms with Gasteiger partial charge in [0.1, 0.15) is 4.32 Å². The molecule has 2 N–H and O–H groups in total. The summed E-state index contributed by atoms with van der Waals surface area (Å²) in [4.78, 5) is 28.9. The Labute approximate surface area is 183 Å². The van der Waals surface area contributed by atoms with E-state index in [1.54, 1.807) is 35.7 Å². The molecule has 2 aromatic carbocycles. The quantitative estimate of drug-likeness (QED) is 0.432. The van der Waals surface area contributed by atoms with Gasteiger partial charge in [-0.2, -0.15) is 0 Å². The second kappa shape index (κ2) is 8.42. The SMILES string of the molecule is O=C1NC(=S)S/C1=C\c1ccc(C(=O)Nc2nc(-c3ccc(F)c(F)c3)cs2)cc1. The number of benzene rings is 2. The molecule has 1 saturated heterocycles. The number of hydrogen-bond acceptors (Lipinski definition) is 6. The highest BCUT2D eigenvalue weighted by molar-refractivity contribution is 8.26. The van der Waals surface area contributed by atoms with Crippen LogP contribution in [0.25, 0.3) is 17.3 Å². The number of halogens is 2. The van der Waals surface area contributed by atoms with Crippen molar-refractivity contribution in [2.24, 2.45) is 0 Å². The second-order valence-electron chi connectivity index (χ2n) is 6.10. The Bertz CT molecular complexity index is 1210. The van der Waals surface area contributed by atoms with E-state index in [9.17, 15) is 18.4 Å². The summed E-state index contributed by atoms with van der Waals surface area (Å²) in [5, 5.41) is 7.20. The first kappa shape index (κ1) is 20.3. The third-order valence-electron chi connectivity index (χ3n) is 4.05. The van der Waals surface area contributed by atoms with Gasteiger partial charge in [-0.1, -0.05) is 36.1 Å². The number of amides is 2. The number of hydrogen-bond donors (Lipinski definition) is 2. The van der Waals surface area contributed by atoms with Crippen LogP contribution in [0.4, 0.5) is 13.9 Å². The predicted octanol–water partition coefficient (Wildman–Crippen LogP) is 4.83. The van der Waals surface area contributed by atoms with E-state index < -0.39 is 11.6 Å². The Kier molecular flexibility index (Phi) is 5.71. The summed E-state index contributed by atoms with van der Waals surface area (Å²) < 4.78 is 26.9. The van der Waals surface area contributed by atoms with E-state index in [0.29, 0.717) is 31.2 Å². The van der Waals surface area contributed by atoms with Gasteiger partial charge in [-0.3, -0.25) is 14.9 Å². The molecule has 0 aliphatic carbocycles. The Hall–Kier alpha value is -2.95. The highest BCUT2D eigenvalue weighted by Crippen LogP contribution is 2.27. The standard InChI is InChI=1S/C20H11F2N3O2S3/c21-13-6-5-12(8-14(13)22)15-9-29-19(23-15)24-17(26)11-3-1-10(2-4-11)7-16-18(27)25-20(28)30-16/h1-9H,(H,23,24,26)(H,25,27,28)/b16-7-. The number of aromatic nitrogens is 1. The molecule has 2 heterocycles. The van der Waals surface area contributed by atoms with Crippen LogP contribution in [0, 0.1) is 11.6 Å². The molecule has 0 spiro atoms. The fraction of sp³-hybridized carbons (Fsp3) is 0. The number of nitrogens with zero attached hydrogens (tertiary/aromatic N) is 1. The first-order valence-corrected chi connectivity index (χ1v) is 10.6. The summed E-state index contributed by atoms with van der Waals surface area (Å²) in [5.74, 6) is -2.50. The molecule has 1 aliphatic heterocycles. The first-order valence-electron chi connectivity index (χ1n) is 8.46. The van der Waals surface area contributed by atoms with Crippen LogP contribution in [0.5, 0.6) is 0 Å². The largest absolute Gasteiger partial charge is 0.307 e. The zero-order valence-electron chi connectivity index (χ0n) is 14.9. The van der Waals surface area contributed by atoms with Crippen LogP contribution in [0.15, 0.2) is 52.7 Å². The fourth-order valence-corrected chi connectivity index (χ4v) is 4.35. The minimum absolute atomic E-state index is 0.243. The van der Waals surface area contributed by atoms with Crippen molar-refractivity contribution in [1.29, 1.82) is 0 Å². The molecule has 5 nitrogen and oxygen atoms in total. The zero-order chi connectivity index (χ0) is 21.3. The second-order valence-corrected chi connectivity index (χ2v) is 8.67. The summed E-state index contributed by atoms with van der Waals surface area (Å²) >= 11 is 7.31. The minimum Gasteiger partial charge on any atom is -0.307 e. The highest BCUT2D eigenvalue weighted by atomic mass is 32.2. The van der Waals surface area contributed by atoms with Gasteiger partial charge in [0.25, 0.3) is 11.8 Å². The number of nitrogens with one attached hydrogen (secondary N) is 2. The molecule has 0 atom stereocenters. The van der Waals surface area contributed by atoms with Crippen molar-refractivity contribution in [3.63, 3.8) is 0 Å². The van der Waals surface area contributed by atoms with Crippen LogP contribution in [-0.2, 0) is 4.79 Å². The maximum absolute atomic E-state index is 13.4. The number of thiazole rings is 1. The maximum atomic E-state index is 13.4. The van der Waals surface area contributed by atoms with Gasteiger partial charge >= 0.3 is 0 Å². The molecule has 1 aromatic heterocycles. The molecule has 0 bridgehead atoms. The van der Waals surface area contributed by atoms with Crippen molar-refractivity contribution in [2.75, 3.05) is 5.32 Å². The van der Waals surface area contributed by atoms with Crippen molar-refractivity contribution in [3.8, 4) is 11.3 Å². The Morgan fingerprint density at radius 1 is 1.13 bits per heavy atom. The van der Waals surface area contributed by atoms with Crippen LogP contribution < -0.4 is 10.6 Å². The van der Waals surface area contributed by atoms with Gasteiger partial charge in [0.05, 0.1) is 10.6 Å². The van der Waals surface area contributed by atoms with Crippen LogP contribution >= 0.6 is 35.3 Å². The third kappa shape index (κ3) is 4.45. The van der Waals surface area contributed by atoms with Crippen molar-refractivity contribution in [2.45, 2.75) is 0 Å². The summed E-state index contributed by atoms with van der Waals surface area (Å²) in [6.45, 7) is 0. The predicted molar refractivity (Wildman–Crippen MR) is 118 cm³/mol. The lowest BCUT2D eigenvalue weighted by Gasteiger charge is -2.03. The average Bonchev–Trinajstić information content (AvgIpc) is 3.30. The van der Waals surface area contributed by atoms with E-state index in [2.05, 4.69) is 15.6 Å². The van der Waals surface area contributed by atoms with Crippen LogP contribution in [0.3, 0.4) is 0 Å². The molecule has 1 fully saturated rings. The maximum Gasteiger partial charge on any atom is 0.263 e. The van der Waals surface area contributed by atoms with Crippen LogP contribution in [0.1, 0.15) is 15.9 Å². The number of carbonyl (C=O) groups is 2. The molecule has 0 saturated carbocycles. The lowest BCUT2D eigenvalue weighted by molar-refractivity contribution is -0.115. The van der Waals surface area contributed by atoms with Gasteiger partial charge in [-0.25, -0.2) is 13.8 Å². The van der Waals surface area contributed by atoms with E-state index in [0.717, 1.165) is 17.7 Å². The topological polar surface area (TPSA) is 71.1 Å². The fourth-order valence-electron chi connectivity index (χ4n) is 2.59. The van der Waals surface area contributed by atoms with Crippen molar-refractivity contribution in [3.05, 3.63) is 75.5 Å². The van der Waals surface area contributed by atoms with Gasteiger partial charge in [-0.05, 0) is 42.0 Å². The Balaban J connectivity index is 1.45. The zero-order valence-corrected chi connectivity index (χ0v) is 17.4. The average molecular weight is 460 g/mol. The van der Waals surface area contributed by atoms with Crippen molar-refractivity contribution >= 4 is 62.7 Å². The van der Waals surface area contributed by atoms with Crippen molar-refractivity contribution in [1.82, 2.24) is 10.3 Å². The molecule has 0 radical (unpaired) electrons. The first-order chi connectivity index (χ1) is 14.4. The van der Waals surface area contributed by atoms with Crippen LogP contribution in [0.2, 0.25) is 0 Å². The number of thiocarbonyl (C=S) groups is 1. The lowest BCUT2D eigenvalue weighted by atomic mass is 10.1. The molecule has 2 amide bonds.